The number of carbonyl (C=O) groups excluding carboxylic acids is 1. The van der Waals surface area contributed by atoms with Crippen LogP contribution in [0.5, 0.6) is 0 Å². The average Bonchev–Trinajstić information content (AvgIpc) is 3.26. The zero-order valence-electron chi connectivity index (χ0n) is 12.4. The van der Waals surface area contributed by atoms with Crippen molar-refractivity contribution < 1.29 is 9.90 Å². The van der Waals surface area contributed by atoms with Crippen LogP contribution in [0.25, 0.3) is 0 Å². The summed E-state index contributed by atoms with van der Waals surface area (Å²) in [6.07, 6.45) is 6.21. The Kier molecular flexibility index (Phi) is 4.45. The number of nitrogens with one attached hydrogen (secondary N) is 1. The highest BCUT2D eigenvalue weighted by Crippen LogP contribution is 2.42. The van der Waals surface area contributed by atoms with Gasteiger partial charge in [0.2, 0.25) is 0 Å². The minimum absolute atomic E-state index is 0.00194. The van der Waals surface area contributed by atoms with Crippen LogP contribution >= 0.6 is 11.3 Å². The molecule has 0 unspecified atom stereocenters. The summed E-state index contributed by atoms with van der Waals surface area (Å²) in [6, 6.07) is 0.0589. The van der Waals surface area contributed by atoms with Crippen molar-refractivity contribution in [2.24, 2.45) is 11.8 Å². The lowest BCUT2D eigenvalue weighted by molar-refractivity contribution is 0.127. The molecule has 0 aromatic carbocycles. The molecular formula is C15H23N3O2S. The van der Waals surface area contributed by atoms with E-state index in [4.69, 9.17) is 0 Å². The maximum absolute atomic E-state index is 12.5. The summed E-state index contributed by atoms with van der Waals surface area (Å²) in [5.74, 6) is 0.768. The van der Waals surface area contributed by atoms with Crippen LogP contribution < -0.4 is 5.32 Å². The third kappa shape index (κ3) is 3.55. The number of aromatic nitrogens is 1. The van der Waals surface area contributed by atoms with Gasteiger partial charge in [-0.15, -0.1) is 11.3 Å². The number of aliphatic hydroxyl groups is 1. The molecule has 1 saturated heterocycles. The Hall–Kier alpha value is -1.14. The lowest BCUT2D eigenvalue weighted by atomic mass is 9.99. The maximum Gasteiger partial charge on any atom is 0.317 e. The van der Waals surface area contributed by atoms with Crippen LogP contribution in [-0.4, -0.2) is 40.7 Å². The molecule has 0 radical (unpaired) electrons. The van der Waals surface area contributed by atoms with Crippen LogP contribution in [0.15, 0.2) is 6.20 Å². The van der Waals surface area contributed by atoms with Gasteiger partial charge in [0.25, 0.3) is 0 Å². The number of nitrogens with zero attached hydrogens (tertiary/aromatic N) is 2. The summed E-state index contributed by atoms with van der Waals surface area (Å²) in [5, 5.41) is 13.5. The summed E-state index contributed by atoms with van der Waals surface area (Å²) in [5.41, 5.74) is 0. The Morgan fingerprint density at radius 2 is 2.38 bits per heavy atom. The first-order chi connectivity index (χ1) is 10.2. The largest absolute Gasteiger partial charge is 0.396 e. The second kappa shape index (κ2) is 6.32. The first-order valence-corrected chi connectivity index (χ1v) is 8.57. The standard InChI is InChI=1S/C15H23N3O2S/c1-10-7-16-14(21-10)13(12-4-5-12)17-15(20)18-6-2-3-11(8-18)9-19/h7,11-13,19H,2-6,8-9H2,1H3,(H,17,20)/t11-,13-/m1/s1. The van der Waals surface area contributed by atoms with Gasteiger partial charge in [-0.25, -0.2) is 9.78 Å². The molecule has 2 atom stereocenters. The molecule has 116 valence electrons. The van der Waals surface area contributed by atoms with E-state index in [1.165, 1.54) is 17.7 Å². The van der Waals surface area contributed by atoms with Gasteiger partial charge in [-0.05, 0) is 44.4 Å². The maximum atomic E-state index is 12.5. The molecule has 2 aliphatic rings. The highest BCUT2D eigenvalue weighted by Gasteiger charge is 2.36. The van der Waals surface area contributed by atoms with Crippen molar-refractivity contribution in [3.05, 3.63) is 16.1 Å². The van der Waals surface area contributed by atoms with Gasteiger partial charge in [0.15, 0.2) is 0 Å². The van der Waals surface area contributed by atoms with Crippen LogP contribution in [0, 0.1) is 18.8 Å². The molecule has 1 saturated carbocycles. The number of amides is 2. The number of aliphatic hydroxyl groups excluding tert-OH is 1. The highest BCUT2D eigenvalue weighted by atomic mass is 32.1. The highest BCUT2D eigenvalue weighted by molar-refractivity contribution is 7.11. The minimum atomic E-state index is -0.00194. The quantitative estimate of drug-likeness (QED) is 0.897. The molecule has 1 aliphatic carbocycles. The van der Waals surface area contributed by atoms with Crippen molar-refractivity contribution in [3.8, 4) is 0 Å². The number of thiazole rings is 1. The van der Waals surface area contributed by atoms with E-state index in [9.17, 15) is 9.90 Å². The number of aryl methyl sites for hydroxylation is 1. The van der Waals surface area contributed by atoms with E-state index in [1.54, 1.807) is 11.3 Å². The van der Waals surface area contributed by atoms with Crippen LogP contribution in [0.1, 0.15) is 41.6 Å². The normalized spacial score (nSPS) is 23.9. The van der Waals surface area contributed by atoms with E-state index in [-0.39, 0.29) is 24.6 Å². The molecule has 2 amide bonds. The number of hydrogen-bond donors (Lipinski definition) is 2. The van der Waals surface area contributed by atoms with Crippen LogP contribution in [0.3, 0.4) is 0 Å². The Labute approximate surface area is 129 Å². The Morgan fingerprint density at radius 1 is 1.57 bits per heavy atom. The fourth-order valence-electron chi connectivity index (χ4n) is 2.95. The molecule has 2 fully saturated rings. The zero-order chi connectivity index (χ0) is 14.8. The molecular weight excluding hydrogens is 286 g/mol. The lowest BCUT2D eigenvalue weighted by Crippen LogP contribution is -2.47. The summed E-state index contributed by atoms with van der Waals surface area (Å²) >= 11 is 1.67. The number of hydrogen-bond acceptors (Lipinski definition) is 4. The predicted molar refractivity (Wildman–Crippen MR) is 82.2 cm³/mol. The second-order valence-corrected chi connectivity index (χ2v) is 7.48. The second-order valence-electron chi connectivity index (χ2n) is 6.21. The summed E-state index contributed by atoms with van der Waals surface area (Å²) in [7, 11) is 0. The minimum Gasteiger partial charge on any atom is -0.396 e. The summed E-state index contributed by atoms with van der Waals surface area (Å²) in [6.45, 7) is 3.66. The van der Waals surface area contributed by atoms with Gasteiger partial charge in [0.1, 0.15) is 5.01 Å². The first-order valence-electron chi connectivity index (χ1n) is 7.76. The predicted octanol–water partition coefficient (Wildman–Crippen LogP) is 2.32. The number of urea groups is 1. The summed E-state index contributed by atoms with van der Waals surface area (Å²) in [4.78, 5) is 20.0. The van der Waals surface area contributed by atoms with Gasteiger partial charge in [-0.1, -0.05) is 0 Å². The smallest absolute Gasteiger partial charge is 0.317 e. The molecule has 1 aromatic rings. The molecule has 6 heteroatoms. The van der Waals surface area contributed by atoms with Crippen LogP contribution in [0.4, 0.5) is 4.79 Å². The van der Waals surface area contributed by atoms with Crippen molar-refractivity contribution in [3.63, 3.8) is 0 Å². The molecule has 21 heavy (non-hydrogen) atoms. The molecule has 1 aromatic heterocycles. The topological polar surface area (TPSA) is 65.5 Å². The molecule has 0 bridgehead atoms. The van der Waals surface area contributed by atoms with Crippen molar-refractivity contribution in [1.82, 2.24) is 15.2 Å². The number of carbonyl (C=O) groups is 1. The van der Waals surface area contributed by atoms with Gasteiger partial charge in [0, 0.05) is 30.8 Å². The van der Waals surface area contributed by atoms with Crippen molar-refractivity contribution in [1.29, 1.82) is 0 Å². The van der Waals surface area contributed by atoms with E-state index >= 15 is 0 Å². The lowest BCUT2D eigenvalue weighted by Gasteiger charge is -2.33. The fraction of sp³-hybridized carbons (Fsp3) is 0.733. The Bertz CT molecular complexity index is 501. The SMILES string of the molecule is Cc1cnc([C@H](NC(=O)N2CCC[C@@H](CO)C2)C2CC2)s1. The Morgan fingerprint density at radius 3 is 3.00 bits per heavy atom. The van der Waals surface area contributed by atoms with Crippen molar-refractivity contribution >= 4 is 17.4 Å². The van der Waals surface area contributed by atoms with E-state index in [0.717, 1.165) is 24.4 Å². The molecule has 0 spiro atoms. The van der Waals surface area contributed by atoms with Gasteiger partial charge >= 0.3 is 6.03 Å². The van der Waals surface area contributed by atoms with Gasteiger partial charge in [0.05, 0.1) is 6.04 Å². The molecule has 5 nitrogen and oxygen atoms in total. The van der Waals surface area contributed by atoms with Gasteiger partial charge < -0.3 is 15.3 Å². The van der Waals surface area contributed by atoms with Crippen LogP contribution in [0.2, 0.25) is 0 Å². The van der Waals surface area contributed by atoms with E-state index in [0.29, 0.717) is 12.5 Å². The number of likely N-dealkylation sites (tertiary alicyclic amines) is 1. The molecule has 2 N–H and O–H groups in total. The Balaban J connectivity index is 1.64. The summed E-state index contributed by atoms with van der Waals surface area (Å²) < 4.78 is 0. The average molecular weight is 309 g/mol. The number of piperidine rings is 1. The fourth-order valence-corrected chi connectivity index (χ4v) is 3.87. The monoisotopic (exact) mass is 309 g/mol. The third-order valence-corrected chi connectivity index (χ3v) is 5.34. The van der Waals surface area contributed by atoms with E-state index in [2.05, 4.69) is 10.3 Å². The first kappa shape index (κ1) is 14.8. The van der Waals surface area contributed by atoms with E-state index < -0.39 is 0 Å². The van der Waals surface area contributed by atoms with Crippen molar-refractivity contribution in [2.45, 2.75) is 38.6 Å². The molecule has 2 heterocycles. The van der Waals surface area contributed by atoms with E-state index in [1.807, 2.05) is 18.0 Å². The van der Waals surface area contributed by atoms with Crippen molar-refractivity contribution in [2.75, 3.05) is 19.7 Å². The molecule has 3 rings (SSSR count). The van der Waals surface area contributed by atoms with Gasteiger partial charge in [-0.2, -0.15) is 0 Å². The molecule has 1 aliphatic heterocycles. The third-order valence-electron chi connectivity index (χ3n) is 4.34. The zero-order valence-corrected chi connectivity index (χ0v) is 13.2. The van der Waals surface area contributed by atoms with Crippen LogP contribution in [-0.2, 0) is 0 Å². The van der Waals surface area contributed by atoms with Gasteiger partial charge in [-0.3, -0.25) is 0 Å². The number of rotatable bonds is 4.